The number of carbonyl (C=O) groups excluding carboxylic acids is 1. The van der Waals surface area contributed by atoms with Gasteiger partial charge in [0.05, 0.1) is 0 Å². The molecule has 0 bridgehead atoms. The van der Waals surface area contributed by atoms with E-state index in [-0.39, 0.29) is 11.8 Å². The monoisotopic (exact) mass is 177 g/mol. The van der Waals surface area contributed by atoms with Crippen molar-refractivity contribution >= 4 is 11.9 Å². The molecular weight excluding hydrogens is 166 g/mol. The highest BCUT2D eigenvalue weighted by Crippen LogP contribution is 2.29. The van der Waals surface area contributed by atoms with Gasteiger partial charge in [-0.1, -0.05) is 0 Å². The van der Waals surface area contributed by atoms with Crippen LogP contribution in [0.25, 0.3) is 0 Å². The Morgan fingerprint density at radius 3 is 3.00 bits per heavy atom. The number of rotatable bonds is 2. The van der Waals surface area contributed by atoms with Crippen LogP contribution in [-0.4, -0.2) is 15.9 Å². The topological polar surface area (TPSA) is 54.9 Å². The number of aromatic nitrogens is 2. The molecular formula is C9H11N3O. The average Bonchev–Trinajstić information content (AvgIpc) is 2.85. The van der Waals surface area contributed by atoms with Gasteiger partial charge >= 0.3 is 0 Å². The Hall–Kier alpha value is -1.45. The number of nitrogens with zero attached hydrogens (tertiary/aromatic N) is 2. The van der Waals surface area contributed by atoms with E-state index in [0.29, 0.717) is 5.95 Å². The minimum atomic E-state index is 0.0469. The van der Waals surface area contributed by atoms with E-state index in [1.807, 2.05) is 6.92 Å². The van der Waals surface area contributed by atoms with Crippen molar-refractivity contribution in [2.24, 2.45) is 5.92 Å². The standard InChI is InChI=1S/C9H11N3O/c1-6-4-5-10-9(11-6)12-8(13)7-2-3-7/h4-5,7H,2-3H2,1H3,(H,10,11,12,13). The van der Waals surface area contributed by atoms with E-state index in [4.69, 9.17) is 0 Å². The second-order valence-corrected chi connectivity index (χ2v) is 3.29. The maximum atomic E-state index is 11.3. The van der Waals surface area contributed by atoms with Gasteiger partial charge in [-0.05, 0) is 25.8 Å². The zero-order valence-electron chi connectivity index (χ0n) is 7.45. The van der Waals surface area contributed by atoms with Gasteiger partial charge in [-0.15, -0.1) is 0 Å². The maximum absolute atomic E-state index is 11.3. The van der Waals surface area contributed by atoms with Gasteiger partial charge in [0.15, 0.2) is 0 Å². The molecule has 1 N–H and O–H groups in total. The molecule has 4 nitrogen and oxygen atoms in total. The highest BCUT2D eigenvalue weighted by molar-refractivity contribution is 5.92. The largest absolute Gasteiger partial charge is 0.294 e. The molecule has 0 unspecified atom stereocenters. The third-order valence-corrected chi connectivity index (χ3v) is 1.98. The van der Waals surface area contributed by atoms with Crippen LogP contribution in [0.1, 0.15) is 18.5 Å². The number of hydrogen-bond donors (Lipinski definition) is 1. The van der Waals surface area contributed by atoms with Crippen LogP contribution in [0.15, 0.2) is 12.3 Å². The van der Waals surface area contributed by atoms with Crippen LogP contribution in [-0.2, 0) is 4.79 Å². The lowest BCUT2D eigenvalue weighted by Gasteiger charge is -2.01. The van der Waals surface area contributed by atoms with E-state index >= 15 is 0 Å². The molecule has 0 saturated heterocycles. The second-order valence-electron chi connectivity index (χ2n) is 3.29. The molecule has 0 aromatic carbocycles. The molecule has 1 fully saturated rings. The zero-order chi connectivity index (χ0) is 9.26. The van der Waals surface area contributed by atoms with Crippen LogP contribution in [0.3, 0.4) is 0 Å². The van der Waals surface area contributed by atoms with Crippen molar-refractivity contribution in [3.05, 3.63) is 18.0 Å². The quantitative estimate of drug-likeness (QED) is 0.736. The molecule has 1 aliphatic carbocycles. The lowest BCUT2D eigenvalue weighted by Crippen LogP contribution is -2.15. The normalized spacial score (nSPS) is 15.5. The van der Waals surface area contributed by atoms with Crippen molar-refractivity contribution in [3.63, 3.8) is 0 Å². The van der Waals surface area contributed by atoms with E-state index in [1.165, 1.54) is 0 Å². The Labute approximate surface area is 76.4 Å². The fourth-order valence-electron chi connectivity index (χ4n) is 1.07. The number of hydrogen-bond acceptors (Lipinski definition) is 3. The Morgan fingerprint density at radius 2 is 2.38 bits per heavy atom. The predicted octanol–water partition coefficient (Wildman–Crippen LogP) is 1.13. The van der Waals surface area contributed by atoms with Crippen LogP contribution in [0.4, 0.5) is 5.95 Å². The third-order valence-electron chi connectivity index (χ3n) is 1.98. The molecule has 1 aliphatic rings. The van der Waals surface area contributed by atoms with E-state index in [9.17, 15) is 4.79 Å². The first-order valence-electron chi connectivity index (χ1n) is 4.36. The first-order valence-corrected chi connectivity index (χ1v) is 4.36. The number of amides is 1. The molecule has 0 spiro atoms. The van der Waals surface area contributed by atoms with E-state index in [2.05, 4.69) is 15.3 Å². The maximum Gasteiger partial charge on any atom is 0.229 e. The number of nitrogens with one attached hydrogen (secondary N) is 1. The molecule has 1 saturated carbocycles. The van der Waals surface area contributed by atoms with Crippen LogP contribution in [0, 0.1) is 12.8 Å². The number of carbonyl (C=O) groups is 1. The minimum absolute atomic E-state index is 0.0469. The van der Waals surface area contributed by atoms with Crippen LogP contribution in [0.5, 0.6) is 0 Å². The summed E-state index contributed by atoms with van der Waals surface area (Å²) in [5, 5.41) is 2.68. The van der Waals surface area contributed by atoms with Crippen LogP contribution < -0.4 is 5.32 Å². The Bertz CT molecular complexity index is 333. The summed E-state index contributed by atoms with van der Waals surface area (Å²) in [5.41, 5.74) is 0.862. The van der Waals surface area contributed by atoms with Gasteiger partial charge in [0, 0.05) is 17.8 Å². The van der Waals surface area contributed by atoms with Crippen molar-refractivity contribution in [3.8, 4) is 0 Å². The van der Waals surface area contributed by atoms with Crippen molar-refractivity contribution in [1.29, 1.82) is 0 Å². The summed E-state index contributed by atoms with van der Waals surface area (Å²) in [6.07, 6.45) is 3.64. The molecule has 1 aromatic heterocycles. The summed E-state index contributed by atoms with van der Waals surface area (Å²) in [4.78, 5) is 19.3. The van der Waals surface area contributed by atoms with Crippen molar-refractivity contribution < 1.29 is 4.79 Å². The van der Waals surface area contributed by atoms with Gasteiger partial charge in [-0.2, -0.15) is 0 Å². The fraction of sp³-hybridized carbons (Fsp3) is 0.444. The lowest BCUT2D eigenvalue weighted by atomic mass is 10.4. The van der Waals surface area contributed by atoms with E-state index < -0.39 is 0 Å². The molecule has 0 atom stereocenters. The number of aryl methyl sites for hydroxylation is 1. The van der Waals surface area contributed by atoms with Crippen molar-refractivity contribution in [1.82, 2.24) is 9.97 Å². The van der Waals surface area contributed by atoms with Gasteiger partial charge in [0.2, 0.25) is 11.9 Å². The first-order chi connectivity index (χ1) is 6.25. The summed E-state index contributed by atoms with van der Waals surface area (Å²) in [6, 6.07) is 1.80. The Kier molecular flexibility index (Phi) is 1.96. The summed E-state index contributed by atoms with van der Waals surface area (Å²) < 4.78 is 0. The highest BCUT2D eigenvalue weighted by atomic mass is 16.2. The first kappa shape index (κ1) is 8.16. The average molecular weight is 177 g/mol. The fourth-order valence-corrected chi connectivity index (χ4v) is 1.07. The van der Waals surface area contributed by atoms with Gasteiger partial charge < -0.3 is 0 Å². The zero-order valence-corrected chi connectivity index (χ0v) is 7.45. The van der Waals surface area contributed by atoms with Crippen LogP contribution in [0.2, 0.25) is 0 Å². The SMILES string of the molecule is Cc1ccnc(NC(=O)C2CC2)n1. The molecule has 1 aromatic rings. The third kappa shape index (κ3) is 2.02. The summed E-state index contributed by atoms with van der Waals surface area (Å²) in [7, 11) is 0. The Balaban J connectivity index is 2.04. The van der Waals surface area contributed by atoms with Gasteiger partial charge in [0.25, 0.3) is 0 Å². The molecule has 1 amide bonds. The van der Waals surface area contributed by atoms with Gasteiger partial charge in [-0.3, -0.25) is 10.1 Å². The molecule has 0 radical (unpaired) electrons. The molecule has 4 heteroatoms. The summed E-state index contributed by atoms with van der Waals surface area (Å²) in [6.45, 7) is 1.87. The second kappa shape index (κ2) is 3.12. The van der Waals surface area contributed by atoms with Crippen molar-refractivity contribution in [2.45, 2.75) is 19.8 Å². The predicted molar refractivity (Wildman–Crippen MR) is 48.1 cm³/mol. The molecule has 13 heavy (non-hydrogen) atoms. The summed E-state index contributed by atoms with van der Waals surface area (Å²) >= 11 is 0. The smallest absolute Gasteiger partial charge is 0.229 e. The Morgan fingerprint density at radius 1 is 1.62 bits per heavy atom. The van der Waals surface area contributed by atoms with Crippen molar-refractivity contribution in [2.75, 3.05) is 5.32 Å². The van der Waals surface area contributed by atoms with E-state index in [0.717, 1.165) is 18.5 Å². The van der Waals surface area contributed by atoms with Gasteiger partial charge in [-0.25, -0.2) is 9.97 Å². The van der Waals surface area contributed by atoms with Gasteiger partial charge in [0.1, 0.15) is 0 Å². The molecule has 1 heterocycles. The summed E-state index contributed by atoms with van der Waals surface area (Å²) in [5.74, 6) is 0.659. The molecule has 68 valence electrons. The van der Waals surface area contributed by atoms with E-state index in [1.54, 1.807) is 12.3 Å². The molecule has 2 rings (SSSR count). The lowest BCUT2D eigenvalue weighted by molar-refractivity contribution is -0.117. The molecule has 0 aliphatic heterocycles. The highest BCUT2D eigenvalue weighted by Gasteiger charge is 2.29. The van der Waals surface area contributed by atoms with Crippen LogP contribution >= 0.6 is 0 Å². The minimum Gasteiger partial charge on any atom is -0.294 e. The number of anilines is 1.